The van der Waals surface area contributed by atoms with E-state index in [1.54, 1.807) is 26.4 Å². The van der Waals surface area contributed by atoms with E-state index in [9.17, 15) is 4.79 Å². The molecule has 0 aliphatic carbocycles. The van der Waals surface area contributed by atoms with Crippen molar-refractivity contribution in [2.75, 3.05) is 20.8 Å². The van der Waals surface area contributed by atoms with Gasteiger partial charge in [0, 0.05) is 12.0 Å². The molecule has 26 heavy (non-hydrogen) atoms. The molecular formula is C20H19N3O3. The predicted octanol–water partition coefficient (Wildman–Crippen LogP) is 2.11. The van der Waals surface area contributed by atoms with E-state index >= 15 is 0 Å². The van der Waals surface area contributed by atoms with Crippen LogP contribution in [-0.2, 0) is 11.2 Å². The largest absolute Gasteiger partial charge is 0.493 e. The molecule has 1 aliphatic heterocycles. The van der Waals surface area contributed by atoms with Gasteiger partial charge in [-0.2, -0.15) is 5.26 Å². The summed E-state index contributed by atoms with van der Waals surface area (Å²) in [6.45, 7) is 0.373. The van der Waals surface area contributed by atoms with E-state index in [0.717, 1.165) is 16.8 Å². The lowest BCUT2D eigenvalue weighted by atomic mass is 10.0. The molecular weight excluding hydrogens is 330 g/mol. The fraction of sp³-hybridized carbons (Fsp3) is 0.250. The van der Waals surface area contributed by atoms with Crippen molar-refractivity contribution in [1.29, 1.82) is 5.26 Å². The smallest absolute Gasteiger partial charge is 0.245 e. The fourth-order valence-electron chi connectivity index (χ4n) is 2.85. The number of nitrogens with one attached hydrogen (secondary N) is 1. The lowest BCUT2D eigenvalue weighted by molar-refractivity contribution is -0.122. The van der Waals surface area contributed by atoms with Crippen LogP contribution >= 0.6 is 0 Å². The number of amides is 1. The number of methoxy groups -OCH3 is 2. The number of carbonyl (C=O) groups is 1. The van der Waals surface area contributed by atoms with Crippen LogP contribution < -0.4 is 14.8 Å². The van der Waals surface area contributed by atoms with Gasteiger partial charge in [0.25, 0.3) is 0 Å². The number of aliphatic imine (C=N–C) groups is 1. The van der Waals surface area contributed by atoms with Crippen LogP contribution in [0.1, 0.15) is 16.7 Å². The number of hydrogen-bond acceptors (Lipinski definition) is 5. The highest BCUT2D eigenvalue weighted by molar-refractivity contribution is 6.07. The Balaban J connectivity index is 1.85. The quantitative estimate of drug-likeness (QED) is 0.896. The highest BCUT2D eigenvalue weighted by Crippen LogP contribution is 2.28. The van der Waals surface area contributed by atoms with Crippen LogP contribution in [0.4, 0.5) is 0 Å². The highest BCUT2D eigenvalue weighted by atomic mass is 16.5. The maximum atomic E-state index is 12.2. The third-order valence-electron chi connectivity index (χ3n) is 4.27. The first kappa shape index (κ1) is 17.5. The second kappa shape index (κ2) is 7.70. The Labute approximate surface area is 152 Å². The molecule has 0 radical (unpaired) electrons. The van der Waals surface area contributed by atoms with E-state index in [1.165, 1.54) is 0 Å². The highest BCUT2D eigenvalue weighted by Gasteiger charge is 2.24. The van der Waals surface area contributed by atoms with Gasteiger partial charge in [0.05, 0.1) is 38.1 Å². The normalized spacial score (nSPS) is 16.3. The Hall–Kier alpha value is -3.33. The van der Waals surface area contributed by atoms with Gasteiger partial charge < -0.3 is 14.8 Å². The van der Waals surface area contributed by atoms with E-state index in [4.69, 9.17) is 14.7 Å². The molecule has 2 aromatic rings. The molecule has 0 bridgehead atoms. The second-order valence-corrected chi connectivity index (χ2v) is 5.89. The van der Waals surface area contributed by atoms with Gasteiger partial charge in [0.15, 0.2) is 11.5 Å². The van der Waals surface area contributed by atoms with Crippen LogP contribution in [0.25, 0.3) is 0 Å². The number of ether oxygens (including phenoxy) is 2. The molecule has 1 amide bonds. The molecule has 1 aliphatic rings. The summed E-state index contributed by atoms with van der Waals surface area (Å²) in [5.74, 6) is 1.16. The van der Waals surface area contributed by atoms with Gasteiger partial charge in [-0.05, 0) is 35.9 Å². The summed E-state index contributed by atoms with van der Waals surface area (Å²) in [7, 11) is 3.17. The van der Waals surface area contributed by atoms with Crippen molar-refractivity contribution in [1.82, 2.24) is 5.32 Å². The Kier molecular flexibility index (Phi) is 5.18. The minimum absolute atomic E-state index is 0.0985. The molecule has 1 atom stereocenters. The van der Waals surface area contributed by atoms with Crippen molar-refractivity contribution < 1.29 is 14.3 Å². The third kappa shape index (κ3) is 3.67. The summed E-state index contributed by atoms with van der Waals surface area (Å²) in [6.07, 6.45) is 0.480. The van der Waals surface area contributed by atoms with E-state index in [-0.39, 0.29) is 5.91 Å². The maximum absolute atomic E-state index is 12.2. The lowest BCUT2D eigenvalue weighted by Gasteiger charge is -2.22. The molecule has 0 saturated heterocycles. The molecule has 1 unspecified atom stereocenters. The van der Waals surface area contributed by atoms with Gasteiger partial charge in [-0.25, -0.2) is 0 Å². The SMILES string of the molecule is COc1ccc(C2=NC(Cc3ccc(C#N)cc3)C(=O)NC2)cc1OC. The van der Waals surface area contributed by atoms with Crippen LogP contribution in [0.3, 0.4) is 0 Å². The van der Waals surface area contributed by atoms with Gasteiger partial charge in [-0.1, -0.05) is 12.1 Å². The van der Waals surface area contributed by atoms with Crippen LogP contribution in [0.5, 0.6) is 11.5 Å². The lowest BCUT2D eigenvalue weighted by Crippen LogP contribution is -2.43. The summed E-state index contributed by atoms with van der Waals surface area (Å²) in [5.41, 5.74) is 3.23. The van der Waals surface area contributed by atoms with Gasteiger partial charge in [-0.15, -0.1) is 0 Å². The van der Waals surface area contributed by atoms with E-state index < -0.39 is 6.04 Å². The number of hydrogen-bond donors (Lipinski definition) is 1. The Morgan fingerprint density at radius 3 is 2.54 bits per heavy atom. The third-order valence-corrected chi connectivity index (χ3v) is 4.27. The van der Waals surface area contributed by atoms with Crippen molar-refractivity contribution in [2.24, 2.45) is 4.99 Å². The molecule has 6 nitrogen and oxygen atoms in total. The zero-order valence-electron chi connectivity index (χ0n) is 14.7. The molecule has 0 fully saturated rings. The first-order valence-electron chi connectivity index (χ1n) is 8.20. The average Bonchev–Trinajstić information content (AvgIpc) is 2.69. The Morgan fingerprint density at radius 2 is 1.88 bits per heavy atom. The Morgan fingerprint density at radius 1 is 1.15 bits per heavy atom. The molecule has 1 N–H and O–H groups in total. The van der Waals surface area contributed by atoms with Crippen molar-refractivity contribution >= 4 is 11.6 Å². The van der Waals surface area contributed by atoms with Gasteiger partial charge >= 0.3 is 0 Å². The number of carbonyl (C=O) groups excluding carboxylic acids is 1. The van der Waals surface area contributed by atoms with Crippen LogP contribution in [0.2, 0.25) is 0 Å². The van der Waals surface area contributed by atoms with Crippen molar-refractivity contribution in [3.8, 4) is 17.6 Å². The molecule has 132 valence electrons. The molecule has 3 rings (SSSR count). The maximum Gasteiger partial charge on any atom is 0.245 e. The van der Waals surface area contributed by atoms with Gasteiger partial charge in [-0.3, -0.25) is 9.79 Å². The zero-order chi connectivity index (χ0) is 18.5. The van der Waals surface area contributed by atoms with Gasteiger partial charge in [0.1, 0.15) is 6.04 Å². The molecule has 2 aromatic carbocycles. The van der Waals surface area contributed by atoms with Crippen molar-refractivity contribution in [3.63, 3.8) is 0 Å². The van der Waals surface area contributed by atoms with Crippen LogP contribution in [0.15, 0.2) is 47.5 Å². The predicted molar refractivity (Wildman–Crippen MR) is 97.7 cm³/mol. The van der Waals surface area contributed by atoms with Crippen molar-refractivity contribution in [3.05, 3.63) is 59.2 Å². The molecule has 0 aromatic heterocycles. The number of benzene rings is 2. The second-order valence-electron chi connectivity index (χ2n) is 5.89. The first-order chi connectivity index (χ1) is 12.6. The van der Waals surface area contributed by atoms with E-state index in [0.29, 0.717) is 30.0 Å². The minimum Gasteiger partial charge on any atom is -0.493 e. The van der Waals surface area contributed by atoms with Crippen LogP contribution in [0, 0.1) is 11.3 Å². The van der Waals surface area contributed by atoms with Gasteiger partial charge in [0.2, 0.25) is 5.91 Å². The Bertz CT molecular complexity index is 882. The summed E-state index contributed by atoms with van der Waals surface area (Å²) < 4.78 is 10.6. The molecule has 1 heterocycles. The summed E-state index contributed by atoms with van der Waals surface area (Å²) in [5, 5.41) is 11.8. The summed E-state index contributed by atoms with van der Waals surface area (Å²) >= 11 is 0. The van der Waals surface area contributed by atoms with Crippen LogP contribution in [-0.4, -0.2) is 38.4 Å². The topological polar surface area (TPSA) is 83.7 Å². The molecule has 6 heteroatoms. The zero-order valence-corrected chi connectivity index (χ0v) is 14.7. The number of nitriles is 1. The average molecular weight is 349 g/mol. The summed E-state index contributed by atoms with van der Waals surface area (Å²) in [4.78, 5) is 16.9. The minimum atomic E-state index is -0.500. The molecule has 0 saturated carbocycles. The number of nitrogens with zero attached hydrogens (tertiary/aromatic N) is 2. The fourth-order valence-corrected chi connectivity index (χ4v) is 2.85. The first-order valence-corrected chi connectivity index (χ1v) is 8.20. The van der Waals surface area contributed by atoms with Crippen molar-refractivity contribution in [2.45, 2.75) is 12.5 Å². The molecule has 0 spiro atoms. The summed E-state index contributed by atoms with van der Waals surface area (Å²) in [6, 6.07) is 14.4. The van der Waals surface area contributed by atoms with E-state index in [2.05, 4.69) is 16.4 Å². The monoisotopic (exact) mass is 349 g/mol. The number of rotatable bonds is 5. The standard InChI is InChI=1S/C20H19N3O3/c1-25-18-8-7-15(10-19(18)26-2)17-12-22-20(24)16(23-17)9-13-3-5-14(11-21)6-4-13/h3-8,10,16H,9,12H2,1-2H3,(H,22,24). The van der Waals surface area contributed by atoms with E-state index in [1.807, 2.05) is 30.3 Å².